The van der Waals surface area contributed by atoms with Gasteiger partial charge in [-0.2, -0.15) is 16.7 Å². The lowest BCUT2D eigenvalue weighted by Gasteiger charge is -2.18. The number of hydrogen-bond acceptors (Lipinski definition) is 6. The first-order chi connectivity index (χ1) is 8.31. The largest absolute Gasteiger partial charge is 0.381 e. The minimum absolute atomic E-state index is 0.136. The molecule has 6 heteroatoms. The van der Waals surface area contributed by atoms with Gasteiger partial charge in [-0.1, -0.05) is 5.16 Å². The van der Waals surface area contributed by atoms with Crippen LogP contribution < -0.4 is 5.73 Å². The lowest BCUT2D eigenvalue weighted by Crippen LogP contribution is -2.16. The summed E-state index contributed by atoms with van der Waals surface area (Å²) >= 11 is 1.77. The van der Waals surface area contributed by atoms with Crippen LogP contribution in [-0.2, 0) is 4.74 Å². The predicted octanol–water partition coefficient (Wildman–Crippen LogP) is 1.72. The molecule has 0 aromatic carbocycles. The summed E-state index contributed by atoms with van der Waals surface area (Å²) in [6, 6.07) is -0.136. The van der Waals surface area contributed by atoms with Crippen molar-refractivity contribution in [1.29, 1.82) is 0 Å². The Morgan fingerprint density at radius 1 is 1.47 bits per heavy atom. The first-order valence-corrected chi connectivity index (χ1v) is 7.36. The van der Waals surface area contributed by atoms with Gasteiger partial charge in [-0.3, -0.25) is 0 Å². The fourth-order valence-corrected chi connectivity index (χ4v) is 2.38. The van der Waals surface area contributed by atoms with Crippen molar-refractivity contribution in [3.05, 3.63) is 11.7 Å². The van der Waals surface area contributed by atoms with Gasteiger partial charge in [0, 0.05) is 19.1 Å². The van der Waals surface area contributed by atoms with Crippen LogP contribution in [0.4, 0.5) is 0 Å². The molecule has 0 aliphatic carbocycles. The van der Waals surface area contributed by atoms with Gasteiger partial charge in [0.05, 0.1) is 6.04 Å². The molecule has 1 fully saturated rings. The van der Waals surface area contributed by atoms with Gasteiger partial charge in [0.25, 0.3) is 0 Å². The predicted molar refractivity (Wildman–Crippen MR) is 67.0 cm³/mol. The third-order valence-corrected chi connectivity index (χ3v) is 3.64. The summed E-state index contributed by atoms with van der Waals surface area (Å²) in [7, 11) is 0. The summed E-state index contributed by atoms with van der Waals surface area (Å²) in [5.74, 6) is 2.74. The van der Waals surface area contributed by atoms with E-state index in [1.54, 1.807) is 11.8 Å². The Bertz CT molecular complexity index is 339. The highest BCUT2D eigenvalue weighted by atomic mass is 32.2. The molecule has 2 rings (SSSR count). The van der Waals surface area contributed by atoms with Gasteiger partial charge in [0.2, 0.25) is 5.89 Å². The number of rotatable bonds is 5. The smallest absolute Gasteiger partial charge is 0.243 e. The number of nitrogens with two attached hydrogens (primary N) is 1. The van der Waals surface area contributed by atoms with Crippen LogP contribution in [0.25, 0.3) is 0 Å². The van der Waals surface area contributed by atoms with Gasteiger partial charge >= 0.3 is 0 Å². The summed E-state index contributed by atoms with van der Waals surface area (Å²) in [4.78, 5) is 4.42. The van der Waals surface area contributed by atoms with E-state index in [1.165, 1.54) is 0 Å². The van der Waals surface area contributed by atoms with Crippen LogP contribution >= 0.6 is 11.8 Å². The molecule has 1 aliphatic rings. The SMILES string of the molecule is CSCC[C@H](N)c1nc(C2CCOCC2)no1. The molecule has 1 atom stereocenters. The first kappa shape index (κ1) is 12.9. The maximum absolute atomic E-state index is 5.99. The van der Waals surface area contributed by atoms with E-state index in [2.05, 4.69) is 16.4 Å². The number of hydrogen-bond donors (Lipinski definition) is 1. The van der Waals surface area contributed by atoms with E-state index in [-0.39, 0.29) is 6.04 Å². The second-order valence-corrected chi connectivity index (χ2v) is 5.25. The van der Waals surface area contributed by atoms with Crippen molar-refractivity contribution in [2.45, 2.75) is 31.2 Å². The van der Waals surface area contributed by atoms with E-state index in [1.807, 2.05) is 0 Å². The zero-order valence-electron chi connectivity index (χ0n) is 10.1. The van der Waals surface area contributed by atoms with Crippen LogP contribution in [0.5, 0.6) is 0 Å². The molecule has 96 valence electrons. The summed E-state index contributed by atoms with van der Waals surface area (Å²) in [5, 5.41) is 4.04. The molecular weight excluding hydrogens is 238 g/mol. The minimum Gasteiger partial charge on any atom is -0.381 e. The fraction of sp³-hybridized carbons (Fsp3) is 0.818. The van der Waals surface area contributed by atoms with Gasteiger partial charge in [-0.25, -0.2) is 0 Å². The van der Waals surface area contributed by atoms with Crippen molar-refractivity contribution in [3.8, 4) is 0 Å². The van der Waals surface area contributed by atoms with Gasteiger partial charge in [0.1, 0.15) is 0 Å². The Morgan fingerprint density at radius 2 is 2.24 bits per heavy atom. The number of ether oxygens (including phenoxy) is 1. The topological polar surface area (TPSA) is 74.2 Å². The normalized spacial score (nSPS) is 19.4. The van der Waals surface area contributed by atoms with Gasteiger partial charge in [0.15, 0.2) is 5.82 Å². The van der Waals surface area contributed by atoms with Crippen LogP contribution in [0.1, 0.15) is 42.9 Å². The zero-order chi connectivity index (χ0) is 12.1. The van der Waals surface area contributed by atoms with Crippen molar-refractivity contribution in [3.63, 3.8) is 0 Å². The first-order valence-electron chi connectivity index (χ1n) is 5.97. The maximum atomic E-state index is 5.99. The quantitative estimate of drug-likeness (QED) is 0.865. The molecule has 17 heavy (non-hydrogen) atoms. The Labute approximate surface area is 105 Å². The Morgan fingerprint density at radius 3 is 2.94 bits per heavy atom. The molecule has 1 aromatic heterocycles. The Balaban J connectivity index is 1.94. The monoisotopic (exact) mass is 257 g/mol. The fourth-order valence-electron chi connectivity index (χ4n) is 1.89. The second kappa shape index (κ2) is 6.37. The molecular formula is C11H19N3O2S. The highest BCUT2D eigenvalue weighted by molar-refractivity contribution is 7.98. The van der Waals surface area contributed by atoms with E-state index in [0.29, 0.717) is 11.8 Å². The van der Waals surface area contributed by atoms with Gasteiger partial charge in [-0.05, 0) is 31.3 Å². The van der Waals surface area contributed by atoms with Crippen LogP contribution in [0.2, 0.25) is 0 Å². The summed E-state index contributed by atoms with van der Waals surface area (Å²) in [5.41, 5.74) is 5.99. The van der Waals surface area contributed by atoms with Crippen LogP contribution in [0.3, 0.4) is 0 Å². The van der Waals surface area contributed by atoms with Gasteiger partial charge in [-0.15, -0.1) is 0 Å². The molecule has 1 aromatic rings. The number of aromatic nitrogens is 2. The molecule has 1 aliphatic heterocycles. The standard InChI is InChI=1S/C11H19N3O2S/c1-17-7-4-9(12)11-13-10(14-16-11)8-2-5-15-6-3-8/h8-9H,2-7,12H2,1H3/t9-/m0/s1. The van der Waals surface area contributed by atoms with Crippen molar-refractivity contribution < 1.29 is 9.26 Å². The van der Waals surface area contributed by atoms with Crippen LogP contribution in [0.15, 0.2) is 4.52 Å². The third-order valence-electron chi connectivity index (χ3n) is 2.99. The summed E-state index contributed by atoms with van der Waals surface area (Å²) < 4.78 is 10.6. The molecule has 0 radical (unpaired) electrons. The minimum atomic E-state index is -0.136. The molecule has 0 bridgehead atoms. The average molecular weight is 257 g/mol. The van der Waals surface area contributed by atoms with Crippen LogP contribution in [-0.4, -0.2) is 35.4 Å². The third kappa shape index (κ3) is 3.43. The second-order valence-electron chi connectivity index (χ2n) is 4.27. The van der Waals surface area contributed by atoms with E-state index in [4.69, 9.17) is 15.0 Å². The van der Waals surface area contributed by atoms with Crippen molar-refractivity contribution in [2.24, 2.45) is 5.73 Å². The number of thioether (sulfide) groups is 1. The van der Waals surface area contributed by atoms with E-state index in [9.17, 15) is 0 Å². The lowest BCUT2D eigenvalue weighted by atomic mass is 10.00. The van der Waals surface area contributed by atoms with Crippen molar-refractivity contribution in [2.75, 3.05) is 25.2 Å². The van der Waals surface area contributed by atoms with Gasteiger partial charge < -0.3 is 15.0 Å². The molecule has 2 heterocycles. The highest BCUT2D eigenvalue weighted by Crippen LogP contribution is 2.25. The van der Waals surface area contributed by atoms with Crippen LogP contribution in [0, 0.1) is 0 Å². The van der Waals surface area contributed by atoms with Crippen molar-refractivity contribution in [1.82, 2.24) is 10.1 Å². The maximum Gasteiger partial charge on any atom is 0.243 e. The summed E-state index contributed by atoms with van der Waals surface area (Å²) in [6.07, 6.45) is 4.88. The van der Waals surface area contributed by atoms with E-state index in [0.717, 1.165) is 44.1 Å². The number of nitrogens with zero attached hydrogens (tertiary/aromatic N) is 2. The zero-order valence-corrected chi connectivity index (χ0v) is 10.9. The molecule has 1 saturated heterocycles. The highest BCUT2D eigenvalue weighted by Gasteiger charge is 2.23. The van der Waals surface area contributed by atoms with Crippen molar-refractivity contribution >= 4 is 11.8 Å². The molecule has 2 N–H and O–H groups in total. The molecule has 5 nitrogen and oxygen atoms in total. The lowest BCUT2D eigenvalue weighted by molar-refractivity contribution is 0.0830. The van der Waals surface area contributed by atoms with E-state index >= 15 is 0 Å². The Kier molecular flexibility index (Phi) is 4.82. The molecule has 0 unspecified atom stereocenters. The van der Waals surface area contributed by atoms with E-state index < -0.39 is 0 Å². The molecule has 0 saturated carbocycles. The molecule has 0 spiro atoms. The summed E-state index contributed by atoms with van der Waals surface area (Å²) in [6.45, 7) is 1.57. The average Bonchev–Trinajstić information content (AvgIpc) is 2.86. The molecule has 0 amide bonds. The Hall–Kier alpha value is -0.590.